The van der Waals surface area contributed by atoms with Crippen molar-refractivity contribution in [3.63, 3.8) is 0 Å². The molecule has 1 aromatic rings. The van der Waals surface area contributed by atoms with Gasteiger partial charge >= 0.3 is 0 Å². The van der Waals surface area contributed by atoms with E-state index in [4.69, 9.17) is 0 Å². The molecule has 1 unspecified atom stereocenters. The Balaban J connectivity index is 1.94. The summed E-state index contributed by atoms with van der Waals surface area (Å²) in [4.78, 5) is 1.44. The zero-order chi connectivity index (χ0) is 8.39. The van der Waals surface area contributed by atoms with Crippen LogP contribution in [0, 0.1) is 12.8 Å². The van der Waals surface area contributed by atoms with E-state index in [1.807, 2.05) is 11.3 Å². The van der Waals surface area contributed by atoms with Crippen molar-refractivity contribution < 1.29 is 0 Å². The number of hydrogen-bond acceptors (Lipinski definition) is 2. The first-order chi connectivity index (χ1) is 5.84. The molecular weight excluding hydrogens is 166 g/mol. The fourth-order valence-electron chi connectivity index (χ4n) is 1.83. The molecular formula is C10H15NS. The van der Waals surface area contributed by atoms with Gasteiger partial charge in [0.2, 0.25) is 0 Å². The zero-order valence-corrected chi connectivity index (χ0v) is 8.29. The molecule has 0 bridgehead atoms. The number of nitrogens with one attached hydrogen (secondary N) is 1. The Labute approximate surface area is 77.8 Å². The topological polar surface area (TPSA) is 12.0 Å². The third kappa shape index (κ3) is 1.87. The first-order valence-corrected chi connectivity index (χ1v) is 5.47. The number of hydrogen-bond donors (Lipinski definition) is 1. The third-order valence-electron chi connectivity index (χ3n) is 2.47. The zero-order valence-electron chi connectivity index (χ0n) is 7.47. The van der Waals surface area contributed by atoms with E-state index in [9.17, 15) is 0 Å². The predicted octanol–water partition coefficient (Wildman–Crippen LogP) is 2.21. The standard InChI is InChI=1S/C10H15NS/c1-8-4-10(7-12-8)5-9-2-3-11-6-9/h4,7,9,11H,2-3,5-6H2,1H3. The van der Waals surface area contributed by atoms with E-state index in [0.29, 0.717) is 0 Å². The first-order valence-electron chi connectivity index (χ1n) is 4.59. The van der Waals surface area contributed by atoms with Crippen LogP contribution < -0.4 is 5.32 Å². The van der Waals surface area contributed by atoms with E-state index >= 15 is 0 Å². The second-order valence-corrected chi connectivity index (χ2v) is 4.74. The van der Waals surface area contributed by atoms with Gasteiger partial charge in [0.25, 0.3) is 0 Å². The van der Waals surface area contributed by atoms with Crippen LogP contribution in [0.2, 0.25) is 0 Å². The number of thiophene rings is 1. The van der Waals surface area contributed by atoms with E-state index in [0.717, 1.165) is 5.92 Å². The molecule has 1 N–H and O–H groups in total. The molecule has 2 rings (SSSR count). The highest BCUT2D eigenvalue weighted by Gasteiger charge is 2.14. The van der Waals surface area contributed by atoms with Crippen LogP contribution in [0.5, 0.6) is 0 Å². The highest BCUT2D eigenvalue weighted by molar-refractivity contribution is 7.10. The van der Waals surface area contributed by atoms with E-state index in [1.54, 1.807) is 0 Å². The SMILES string of the molecule is Cc1cc(CC2CCNC2)cs1. The first kappa shape index (κ1) is 8.27. The van der Waals surface area contributed by atoms with E-state index in [1.165, 1.54) is 36.4 Å². The van der Waals surface area contributed by atoms with Crippen LogP contribution in [0.1, 0.15) is 16.9 Å². The predicted molar refractivity (Wildman–Crippen MR) is 53.7 cm³/mol. The van der Waals surface area contributed by atoms with Crippen molar-refractivity contribution in [3.8, 4) is 0 Å². The molecule has 0 amide bonds. The highest BCUT2D eigenvalue weighted by Crippen LogP contribution is 2.19. The van der Waals surface area contributed by atoms with Crippen molar-refractivity contribution >= 4 is 11.3 Å². The molecule has 0 radical (unpaired) electrons. The molecule has 1 saturated heterocycles. The Morgan fingerprint density at radius 2 is 2.58 bits per heavy atom. The Morgan fingerprint density at radius 3 is 3.17 bits per heavy atom. The lowest BCUT2D eigenvalue weighted by molar-refractivity contribution is 0.581. The van der Waals surface area contributed by atoms with Crippen molar-refractivity contribution in [2.24, 2.45) is 5.92 Å². The summed E-state index contributed by atoms with van der Waals surface area (Å²) in [6.07, 6.45) is 2.63. The van der Waals surface area contributed by atoms with Crippen LogP contribution in [0.4, 0.5) is 0 Å². The van der Waals surface area contributed by atoms with Gasteiger partial charge in [-0.2, -0.15) is 0 Å². The summed E-state index contributed by atoms with van der Waals surface area (Å²) in [5.74, 6) is 0.888. The van der Waals surface area contributed by atoms with Gasteiger partial charge < -0.3 is 5.32 Å². The minimum atomic E-state index is 0.888. The Morgan fingerprint density at radius 1 is 1.67 bits per heavy atom. The molecule has 1 aliphatic rings. The molecule has 1 nitrogen and oxygen atoms in total. The third-order valence-corrected chi connectivity index (χ3v) is 3.38. The molecule has 1 fully saturated rings. The molecule has 2 heteroatoms. The summed E-state index contributed by atoms with van der Waals surface area (Å²) in [6.45, 7) is 4.61. The minimum Gasteiger partial charge on any atom is -0.316 e. The van der Waals surface area contributed by atoms with Gasteiger partial charge in [-0.05, 0) is 55.8 Å². The average molecular weight is 181 g/mol. The maximum absolute atomic E-state index is 3.40. The molecule has 1 atom stereocenters. The molecule has 0 saturated carbocycles. The number of aryl methyl sites for hydroxylation is 1. The van der Waals surface area contributed by atoms with Gasteiger partial charge in [-0.3, -0.25) is 0 Å². The second kappa shape index (κ2) is 3.58. The van der Waals surface area contributed by atoms with Gasteiger partial charge in [-0.15, -0.1) is 11.3 Å². The summed E-state index contributed by atoms with van der Waals surface area (Å²) in [5.41, 5.74) is 1.53. The van der Waals surface area contributed by atoms with Crippen molar-refractivity contribution in [3.05, 3.63) is 21.9 Å². The lowest BCUT2D eigenvalue weighted by Crippen LogP contribution is -2.10. The molecule has 0 aromatic carbocycles. The van der Waals surface area contributed by atoms with Crippen molar-refractivity contribution in [2.45, 2.75) is 19.8 Å². The van der Waals surface area contributed by atoms with Gasteiger partial charge in [-0.25, -0.2) is 0 Å². The van der Waals surface area contributed by atoms with Crippen LogP contribution in [0.15, 0.2) is 11.4 Å². The normalized spacial score (nSPS) is 23.2. The van der Waals surface area contributed by atoms with Gasteiger partial charge in [-0.1, -0.05) is 0 Å². The molecule has 0 aliphatic carbocycles. The Kier molecular flexibility index (Phi) is 2.47. The average Bonchev–Trinajstić information content (AvgIpc) is 2.63. The summed E-state index contributed by atoms with van der Waals surface area (Å²) >= 11 is 1.87. The molecule has 12 heavy (non-hydrogen) atoms. The van der Waals surface area contributed by atoms with Crippen LogP contribution >= 0.6 is 11.3 Å². The van der Waals surface area contributed by atoms with Gasteiger partial charge in [0.05, 0.1) is 0 Å². The van der Waals surface area contributed by atoms with Crippen molar-refractivity contribution in [1.29, 1.82) is 0 Å². The summed E-state index contributed by atoms with van der Waals surface area (Å²) in [5, 5.41) is 5.70. The van der Waals surface area contributed by atoms with E-state index in [-0.39, 0.29) is 0 Å². The highest BCUT2D eigenvalue weighted by atomic mass is 32.1. The molecule has 2 heterocycles. The van der Waals surface area contributed by atoms with Crippen molar-refractivity contribution in [2.75, 3.05) is 13.1 Å². The van der Waals surface area contributed by atoms with Crippen LogP contribution in [0.25, 0.3) is 0 Å². The van der Waals surface area contributed by atoms with Crippen LogP contribution in [-0.4, -0.2) is 13.1 Å². The largest absolute Gasteiger partial charge is 0.316 e. The van der Waals surface area contributed by atoms with Gasteiger partial charge in [0.1, 0.15) is 0 Å². The fourth-order valence-corrected chi connectivity index (χ4v) is 2.55. The number of rotatable bonds is 2. The monoisotopic (exact) mass is 181 g/mol. The maximum Gasteiger partial charge on any atom is 0.00170 e. The lowest BCUT2D eigenvalue weighted by atomic mass is 10.0. The van der Waals surface area contributed by atoms with Crippen molar-refractivity contribution in [1.82, 2.24) is 5.32 Å². The van der Waals surface area contributed by atoms with E-state index < -0.39 is 0 Å². The smallest absolute Gasteiger partial charge is 0.00170 e. The quantitative estimate of drug-likeness (QED) is 0.737. The molecule has 1 aliphatic heterocycles. The molecule has 0 spiro atoms. The second-order valence-electron chi connectivity index (χ2n) is 3.63. The molecule has 1 aromatic heterocycles. The Bertz CT molecular complexity index is 248. The summed E-state index contributed by atoms with van der Waals surface area (Å²) in [6, 6.07) is 2.32. The Hall–Kier alpha value is -0.340. The van der Waals surface area contributed by atoms with Gasteiger partial charge in [0, 0.05) is 4.88 Å². The van der Waals surface area contributed by atoms with E-state index in [2.05, 4.69) is 23.7 Å². The lowest BCUT2D eigenvalue weighted by Gasteiger charge is -2.04. The summed E-state index contributed by atoms with van der Waals surface area (Å²) < 4.78 is 0. The van der Waals surface area contributed by atoms with Crippen LogP contribution in [0.3, 0.4) is 0 Å². The molecule has 66 valence electrons. The van der Waals surface area contributed by atoms with Crippen LogP contribution in [-0.2, 0) is 6.42 Å². The summed E-state index contributed by atoms with van der Waals surface area (Å²) in [7, 11) is 0. The minimum absolute atomic E-state index is 0.888. The van der Waals surface area contributed by atoms with Gasteiger partial charge in [0.15, 0.2) is 0 Å². The maximum atomic E-state index is 3.40. The fraction of sp³-hybridized carbons (Fsp3) is 0.600.